The van der Waals surface area contributed by atoms with Crippen LogP contribution in [0.1, 0.15) is 10.4 Å². The molecule has 0 aliphatic carbocycles. The van der Waals surface area contributed by atoms with Crippen LogP contribution >= 0.6 is 27.3 Å². The van der Waals surface area contributed by atoms with E-state index >= 15 is 0 Å². The van der Waals surface area contributed by atoms with E-state index in [0.717, 1.165) is 19.5 Å². The molecule has 0 amide bonds. The van der Waals surface area contributed by atoms with Crippen LogP contribution < -0.4 is 5.32 Å². The Morgan fingerprint density at radius 3 is 2.44 bits per heavy atom. The molecular weight excluding hydrogens is 313 g/mol. The van der Waals surface area contributed by atoms with Crippen LogP contribution in [0.5, 0.6) is 0 Å². The van der Waals surface area contributed by atoms with Crippen LogP contribution in [-0.4, -0.2) is 13.1 Å². The van der Waals surface area contributed by atoms with Crippen LogP contribution in [-0.2, 0) is 11.8 Å². The predicted molar refractivity (Wildman–Crippen MR) is 76.7 cm³/mol. The van der Waals surface area contributed by atoms with E-state index in [1.165, 1.54) is 14.9 Å². The molecule has 94 valence electrons. The Morgan fingerprint density at radius 1 is 1.22 bits per heavy atom. The Balaban J connectivity index is 1.91. The summed E-state index contributed by atoms with van der Waals surface area (Å²) in [6.07, 6.45) is 1.00. The Hall–Kier alpha value is -0.710. The van der Waals surface area contributed by atoms with Gasteiger partial charge in [0.15, 0.2) is 0 Å². The zero-order valence-corrected chi connectivity index (χ0v) is 12.2. The van der Waals surface area contributed by atoms with Gasteiger partial charge in [-0.3, -0.25) is 0 Å². The second-order valence-corrected chi connectivity index (χ2v) is 6.61. The molecule has 1 fully saturated rings. The summed E-state index contributed by atoms with van der Waals surface area (Å²) in [5.74, 6) is -0.168. The van der Waals surface area contributed by atoms with Gasteiger partial charge in [-0.25, -0.2) is 4.39 Å². The first-order valence-electron chi connectivity index (χ1n) is 5.88. The molecule has 2 aromatic rings. The lowest BCUT2D eigenvalue weighted by atomic mass is 9.72. The molecule has 2 heterocycles. The molecule has 0 radical (unpaired) electrons. The second-order valence-electron chi connectivity index (χ2n) is 4.76. The molecule has 1 aromatic heterocycles. The zero-order chi connectivity index (χ0) is 12.6. The van der Waals surface area contributed by atoms with Crippen molar-refractivity contribution in [2.75, 3.05) is 13.1 Å². The summed E-state index contributed by atoms with van der Waals surface area (Å²) >= 11 is 5.36. The van der Waals surface area contributed by atoms with Gasteiger partial charge in [0.25, 0.3) is 0 Å². The maximum atomic E-state index is 13.0. The molecule has 1 aliphatic heterocycles. The van der Waals surface area contributed by atoms with Gasteiger partial charge in [0, 0.05) is 27.9 Å². The number of hydrogen-bond acceptors (Lipinski definition) is 2. The molecule has 1 aliphatic rings. The third-order valence-electron chi connectivity index (χ3n) is 3.57. The fourth-order valence-corrected chi connectivity index (χ4v) is 4.06. The average molecular weight is 326 g/mol. The van der Waals surface area contributed by atoms with Crippen molar-refractivity contribution in [3.8, 4) is 0 Å². The van der Waals surface area contributed by atoms with Crippen molar-refractivity contribution in [3.63, 3.8) is 0 Å². The van der Waals surface area contributed by atoms with Gasteiger partial charge in [-0.05, 0) is 51.5 Å². The smallest absolute Gasteiger partial charge is 0.123 e. The first-order valence-corrected chi connectivity index (χ1v) is 7.56. The number of rotatable bonds is 3. The number of thiophene rings is 1. The summed E-state index contributed by atoms with van der Waals surface area (Å²) in [5.41, 5.74) is 1.35. The predicted octanol–water partition coefficient (Wildman–Crippen LogP) is 3.73. The van der Waals surface area contributed by atoms with Crippen molar-refractivity contribution >= 4 is 27.3 Å². The van der Waals surface area contributed by atoms with Crippen molar-refractivity contribution < 1.29 is 4.39 Å². The van der Waals surface area contributed by atoms with E-state index in [0.29, 0.717) is 0 Å². The second kappa shape index (κ2) is 4.76. The standard InChI is InChI=1S/C14H13BrFNS/c15-12-5-6-18-13(12)7-14(8-17-9-14)10-1-3-11(16)4-2-10/h1-6,17H,7-9H2. The maximum absolute atomic E-state index is 13.0. The van der Waals surface area contributed by atoms with E-state index in [9.17, 15) is 4.39 Å². The molecule has 4 heteroatoms. The average Bonchev–Trinajstić information content (AvgIpc) is 2.71. The monoisotopic (exact) mass is 325 g/mol. The Kier molecular flexibility index (Phi) is 3.26. The third kappa shape index (κ3) is 2.13. The number of hydrogen-bond donors (Lipinski definition) is 1. The summed E-state index contributed by atoms with van der Waals surface area (Å²) in [5, 5.41) is 5.44. The van der Waals surface area contributed by atoms with Crippen LogP contribution in [0, 0.1) is 5.82 Å². The fourth-order valence-electron chi connectivity index (χ4n) is 2.42. The Morgan fingerprint density at radius 2 is 1.94 bits per heavy atom. The van der Waals surface area contributed by atoms with Crippen molar-refractivity contribution in [1.29, 1.82) is 0 Å². The van der Waals surface area contributed by atoms with Crippen LogP contribution in [0.2, 0.25) is 0 Å². The highest BCUT2D eigenvalue weighted by Gasteiger charge is 2.39. The minimum absolute atomic E-state index is 0.126. The summed E-state index contributed by atoms with van der Waals surface area (Å²) in [4.78, 5) is 1.36. The molecule has 0 spiro atoms. The lowest BCUT2D eigenvalue weighted by Gasteiger charge is -2.43. The topological polar surface area (TPSA) is 12.0 Å². The quantitative estimate of drug-likeness (QED) is 0.906. The zero-order valence-electron chi connectivity index (χ0n) is 9.75. The van der Waals surface area contributed by atoms with Gasteiger partial charge in [0.1, 0.15) is 5.82 Å². The Labute approximate surface area is 118 Å². The number of halogens is 2. The van der Waals surface area contributed by atoms with E-state index in [1.807, 2.05) is 12.1 Å². The van der Waals surface area contributed by atoms with Gasteiger partial charge < -0.3 is 5.32 Å². The molecule has 0 unspecified atom stereocenters. The van der Waals surface area contributed by atoms with E-state index in [-0.39, 0.29) is 11.2 Å². The first kappa shape index (κ1) is 12.3. The lowest BCUT2D eigenvalue weighted by Crippen LogP contribution is -2.58. The minimum atomic E-state index is -0.168. The lowest BCUT2D eigenvalue weighted by molar-refractivity contribution is 0.276. The van der Waals surface area contributed by atoms with Gasteiger partial charge in [-0.15, -0.1) is 11.3 Å². The minimum Gasteiger partial charge on any atom is -0.315 e. The first-order chi connectivity index (χ1) is 8.70. The van der Waals surface area contributed by atoms with E-state index in [4.69, 9.17) is 0 Å². The van der Waals surface area contributed by atoms with Crippen molar-refractivity contribution in [3.05, 3.63) is 56.4 Å². The number of nitrogens with one attached hydrogen (secondary N) is 1. The molecule has 1 aromatic carbocycles. The maximum Gasteiger partial charge on any atom is 0.123 e. The van der Waals surface area contributed by atoms with Crippen LogP contribution in [0.4, 0.5) is 4.39 Å². The molecule has 3 rings (SSSR count). The van der Waals surface area contributed by atoms with Crippen molar-refractivity contribution in [2.45, 2.75) is 11.8 Å². The summed E-state index contributed by atoms with van der Waals surface area (Å²) in [6, 6.07) is 9.03. The molecular formula is C14H13BrFNS. The van der Waals surface area contributed by atoms with Crippen LogP contribution in [0.25, 0.3) is 0 Å². The largest absolute Gasteiger partial charge is 0.315 e. The number of benzene rings is 1. The highest BCUT2D eigenvalue weighted by Crippen LogP contribution is 2.36. The molecule has 0 atom stereocenters. The molecule has 0 bridgehead atoms. The van der Waals surface area contributed by atoms with Crippen LogP contribution in [0.15, 0.2) is 40.2 Å². The van der Waals surface area contributed by atoms with Gasteiger partial charge in [0.05, 0.1) is 0 Å². The summed E-state index contributed by atoms with van der Waals surface area (Å²) < 4.78 is 14.2. The molecule has 1 saturated heterocycles. The van der Waals surface area contributed by atoms with Crippen molar-refractivity contribution in [2.24, 2.45) is 0 Å². The van der Waals surface area contributed by atoms with Crippen molar-refractivity contribution in [1.82, 2.24) is 5.32 Å². The molecule has 0 saturated carbocycles. The highest BCUT2D eigenvalue weighted by atomic mass is 79.9. The highest BCUT2D eigenvalue weighted by molar-refractivity contribution is 9.10. The van der Waals surface area contributed by atoms with Gasteiger partial charge in [-0.1, -0.05) is 12.1 Å². The summed E-state index contributed by atoms with van der Waals surface area (Å²) in [7, 11) is 0. The van der Waals surface area contributed by atoms with Gasteiger partial charge in [0.2, 0.25) is 0 Å². The Bertz CT molecular complexity index is 545. The normalized spacial score (nSPS) is 17.4. The molecule has 1 N–H and O–H groups in total. The SMILES string of the molecule is Fc1ccc(C2(Cc3sccc3Br)CNC2)cc1. The van der Waals surface area contributed by atoms with Gasteiger partial charge >= 0.3 is 0 Å². The molecule has 1 nitrogen and oxygen atoms in total. The fraction of sp³-hybridized carbons (Fsp3) is 0.286. The van der Waals surface area contributed by atoms with E-state index in [1.54, 1.807) is 23.5 Å². The summed E-state index contributed by atoms with van der Waals surface area (Å²) in [6.45, 7) is 1.92. The van der Waals surface area contributed by atoms with Crippen LogP contribution in [0.3, 0.4) is 0 Å². The third-order valence-corrected chi connectivity index (χ3v) is 5.50. The van der Waals surface area contributed by atoms with E-state index in [2.05, 4.69) is 32.7 Å². The van der Waals surface area contributed by atoms with E-state index < -0.39 is 0 Å². The molecule has 18 heavy (non-hydrogen) atoms. The van der Waals surface area contributed by atoms with Gasteiger partial charge in [-0.2, -0.15) is 0 Å².